The number of carboxylic acid groups (broad SMARTS) is 1. The van der Waals surface area contributed by atoms with E-state index in [2.05, 4.69) is 11.9 Å². The highest BCUT2D eigenvalue weighted by Gasteiger charge is 2.32. The molecule has 1 aromatic heterocycles. The summed E-state index contributed by atoms with van der Waals surface area (Å²) in [7, 11) is 0. The SMILES string of the molecule is CC1(c2cnc(CCC(=O)O)s2)CCCC1. The molecule has 0 unspecified atom stereocenters. The first-order valence-corrected chi connectivity index (χ1v) is 6.59. The van der Waals surface area contributed by atoms with Gasteiger partial charge in [0.05, 0.1) is 11.4 Å². The van der Waals surface area contributed by atoms with E-state index in [0.29, 0.717) is 11.8 Å². The molecule has 4 heteroatoms. The Balaban J connectivity index is 2.04. The molecule has 1 N–H and O–H groups in total. The van der Waals surface area contributed by atoms with Crippen molar-refractivity contribution in [2.75, 3.05) is 0 Å². The Morgan fingerprint density at radius 2 is 2.25 bits per heavy atom. The number of rotatable bonds is 4. The summed E-state index contributed by atoms with van der Waals surface area (Å²) in [4.78, 5) is 16.1. The smallest absolute Gasteiger partial charge is 0.303 e. The maximum absolute atomic E-state index is 10.5. The van der Waals surface area contributed by atoms with Gasteiger partial charge in [0.2, 0.25) is 0 Å². The van der Waals surface area contributed by atoms with Gasteiger partial charge in [0.25, 0.3) is 0 Å². The van der Waals surface area contributed by atoms with E-state index in [4.69, 9.17) is 5.11 Å². The Morgan fingerprint density at radius 1 is 1.56 bits per heavy atom. The van der Waals surface area contributed by atoms with Gasteiger partial charge in [0.15, 0.2) is 0 Å². The van der Waals surface area contributed by atoms with Crippen molar-refractivity contribution in [1.82, 2.24) is 4.98 Å². The monoisotopic (exact) mass is 239 g/mol. The van der Waals surface area contributed by atoms with Gasteiger partial charge in [0, 0.05) is 22.9 Å². The first kappa shape index (κ1) is 11.6. The number of carbonyl (C=O) groups is 1. The lowest BCUT2D eigenvalue weighted by atomic mass is 9.88. The molecule has 1 aliphatic carbocycles. The first-order chi connectivity index (χ1) is 7.60. The maximum atomic E-state index is 10.5. The number of hydrogen-bond acceptors (Lipinski definition) is 3. The van der Waals surface area contributed by atoms with Crippen LogP contribution in [0, 0.1) is 0 Å². The van der Waals surface area contributed by atoms with E-state index in [9.17, 15) is 4.79 Å². The summed E-state index contributed by atoms with van der Waals surface area (Å²) in [5.74, 6) is -0.746. The van der Waals surface area contributed by atoms with Crippen molar-refractivity contribution < 1.29 is 9.90 Å². The average Bonchev–Trinajstić information content (AvgIpc) is 2.84. The molecule has 1 aliphatic rings. The van der Waals surface area contributed by atoms with Crippen molar-refractivity contribution in [3.63, 3.8) is 0 Å². The molecule has 88 valence electrons. The molecular weight excluding hydrogens is 222 g/mol. The zero-order valence-corrected chi connectivity index (χ0v) is 10.3. The highest BCUT2D eigenvalue weighted by Crippen LogP contribution is 2.42. The summed E-state index contributed by atoms with van der Waals surface area (Å²) in [6, 6.07) is 0. The lowest BCUT2D eigenvalue weighted by Crippen LogP contribution is -2.14. The third-order valence-electron chi connectivity index (χ3n) is 3.41. The Labute approximate surface area is 99.5 Å². The summed E-state index contributed by atoms with van der Waals surface area (Å²) in [6.45, 7) is 2.30. The second kappa shape index (κ2) is 4.53. The fourth-order valence-electron chi connectivity index (χ4n) is 2.32. The van der Waals surface area contributed by atoms with Crippen LogP contribution in [0.2, 0.25) is 0 Å². The van der Waals surface area contributed by atoms with E-state index in [1.165, 1.54) is 30.6 Å². The molecule has 16 heavy (non-hydrogen) atoms. The molecule has 0 spiro atoms. The number of aryl methyl sites for hydroxylation is 1. The van der Waals surface area contributed by atoms with Crippen LogP contribution >= 0.6 is 11.3 Å². The number of thiazole rings is 1. The van der Waals surface area contributed by atoms with E-state index < -0.39 is 5.97 Å². The minimum atomic E-state index is -0.746. The molecule has 0 aliphatic heterocycles. The van der Waals surface area contributed by atoms with Crippen LogP contribution in [0.15, 0.2) is 6.20 Å². The van der Waals surface area contributed by atoms with Crippen LogP contribution in [0.4, 0.5) is 0 Å². The normalized spacial score (nSPS) is 18.8. The Morgan fingerprint density at radius 3 is 2.88 bits per heavy atom. The molecule has 1 saturated carbocycles. The van der Waals surface area contributed by atoms with E-state index in [1.807, 2.05) is 6.20 Å². The van der Waals surface area contributed by atoms with Gasteiger partial charge in [-0.2, -0.15) is 0 Å². The lowest BCUT2D eigenvalue weighted by Gasteiger charge is -2.20. The van der Waals surface area contributed by atoms with E-state index in [1.54, 1.807) is 11.3 Å². The van der Waals surface area contributed by atoms with Crippen LogP contribution in [0.25, 0.3) is 0 Å². The van der Waals surface area contributed by atoms with Crippen LogP contribution in [-0.4, -0.2) is 16.1 Å². The Bertz CT molecular complexity index is 380. The third kappa shape index (κ3) is 2.43. The van der Waals surface area contributed by atoms with Gasteiger partial charge in [-0.25, -0.2) is 4.98 Å². The zero-order chi connectivity index (χ0) is 11.6. The predicted molar refractivity (Wildman–Crippen MR) is 63.9 cm³/mol. The van der Waals surface area contributed by atoms with Crippen LogP contribution < -0.4 is 0 Å². The standard InChI is InChI=1S/C12H17NO2S/c1-12(6-2-3-7-12)9-8-13-10(16-9)4-5-11(14)15/h8H,2-7H2,1H3,(H,14,15). The second-order valence-corrected chi connectivity index (χ2v) is 5.89. The summed E-state index contributed by atoms with van der Waals surface area (Å²) < 4.78 is 0. The summed E-state index contributed by atoms with van der Waals surface area (Å²) in [6.07, 6.45) is 7.80. The van der Waals surface area contributed by atoms with Gasteiger partial charge in [0.1, 0.15) is 0 Å². The largest absolute Gasteiger partial charge is 0.481 e. The molecule has 0 bridgehead atoms. The number of nitrogens with zero attached hydrogens (tertiary/aromatic N) is 1. The zero-order valence-electron chi connectivity index (χ0n) is 9.53. The van der Waals surface area contributed by atoms with Crippen LogP contribution in [0.1, 0.15) is 48.9 Å². The molecule has 0 saturated heterocycles. The highest BCUT2D eigenvalue weighted by atomic mass is 32.1. The molecule has 0 amide bonds. The van der Waals surface area contributed by atoms with Gasteiger partial charge in [-0.1, -0.05) is 19.8 Å². The molecule has 2 rings (SSSR count). The molecule has 1 aromatic rings. The molecule has 0 aromatic carbocycles. The first-order valence-electron chi connectivity index (χ1n) is 5.77. The van der Waals surface area contributed by atoms with E-state index in [-0.39, 0.29) is 6.42 Å². The van der Waals surface area contributed by atoms with Crippen LogP contribution in [0.5, 0.6) is 0 Å². The quantitative estimate of drug-likeness (QED) is 0.878. The molecule has 3 nitrogen and oxygen atoms in total. The Kier molecular flexibility index (Phi) is 3.28. The van der Waals surface area contributed by atoms with Crippen LogP contribution in [-0.2, 0) is 16.6 Å². The fraction of sp³-hybridized carbons (Fsp3) is 0.667. The van der Waals surface area contributed by atoms with E-state index in [0.717, 1.165) is 5.01 Å². The molecule has 1 fully saturated rings. The van der Waals surface area contributed by atoms with Crippen molar-refractivity contribution in [2.24, 2.45) is 0 Å². The van der Waals surface area contributed by atoms with Crippen LogP contribution in [0.3, 0.4) is 0 Å². The topological polar surface area (TPSA) is 50.2 Å². The van der Waals surface area contributed by atoms with Crippen molar-refractivity contribution in [1.29, 1.82) is 0 Å². The lowest BCUT2D eigenvalue weighted by molar-refractivity contribution is -0.136. The number of hydrogen-bond donors (Lipinski definition) is 1. The minimum absolute atomic E-state index is 0.184. The van der Waals surface area contributed by atoms with Gasteiger partial charge < -0.3 is 5.11 Å². The van der Waals surface area contributed by atoms with Gasteiger partial charge in [-0.3, -0.25) is 4.79 Å². The number of carboxylic acids is 1. The average molecular weight is 239 g/mol. The van der Waals surface area contributed by atoms with Crippen molar-refractivity contribution >= 4 is 17.3 Å². The fourth-order valence-corrected chi connectivity index (χ4v) is 3.44. The second-order valence-electron chi connectivity index (χ2n) is 4.78. The molecular formula is C12H17NO2S. The molecule has 1 heterocycles. The molecule has 0 atom stereocenters. The number of aromatic nitrogens is 1. The molecule has 0 radical (unpaired) electrons. The maximum Gasteiger partial charge on any atom is 0.303 e. The summed E-state index contributed by atoms with van der Waals surface area (Å²) >= 11 is 1.70. The predicted octanol–water partition coefficient (Wildman–Crippen LogP) is 2.99. The summed E-state index contributed by atoms with van der Waals surface area (Å²) in [5, 5.41) is 9.58. The highest BCUT2D eigenvalue weighted by molar-refractivity contribution is 7.11. The minimum Gasteiger partial charge on any atom is -0.481 e. The van der Waals surface area contributed by atoms with Crippen molar-refractivity contribution in [3.8, 4) is 0 Å². The number of aliphatic carboxylic acids is 1. The third-order valence-corrected chi connectivity index (χ3v) is 4.77. The van der Waals surface area contributed by atoms with Gasteiger partial charge in [-0.15, -0.1) is 11.3 Å². The van der Waals surface area contributed by atoms with Gasteiger partial charge >= 0.3 is 5.97 Å². The van der Waals surface area contributed by atoms with Crippen molar-refractivity contribution in [3.05, 3.63) is 16.1 Å². The summed E-state index contributed by atoms with van der Waals surface area (Å²) in [5.41, 5.74) is 0.305. The van der Waals surface area contributed by atoms with E-state index >= 15 is 0 Å². The van der Waals surface area contributed by atoms with Crippen molar-refractivity contribution in [2.45, 2.75) is 50.9 Å². The van der Waals surface area contributed by atoms with Gasteiger partial charge in [-0.05, 0) is 12.8 Å². The Hall–Kier alpha value is -0.900.